The smallest absolute Gasteiger partial charge is 0.314 e. The topological polar surface area (TPSA) is 81.3 Å². The third-order valence-electron chi connectivity index (χ3n) is 2.83. The number of phenols is 1. The molecule has 1 aliphatic rings. The minimum Gasteiger partial charge on any atom is -0.507 e. The Morgan fingerprint density at radius 2 is 2.13 bits per heavy atom. The molecule has 1 aromatic rings. The van der Waals surface area contributed by atoms with Crippen molar-refractivity contribution in [2.24, 2.45) is 0 Å². The third kappa shape index (κ3) is 1.33. The number of carboxylic acid groups (broad SMARTS) is 1. The van der Waals surface area contributed by atoms with Crippen LogP contribution in [-0.2, 0) is 10.2 Å². The fourth-order valence-electron chi connectivity index (χ4n) is 1.67. The van der Waals surface area contributed by atoms with Crippen LogP contribution in [0.1, 0.15) is 24.0 Å². The van der Waals surface area contributed by atoms with E-state index in [9.17, 15) is 9.90 Å². The first kappa shape index (κ1) is 9.53. The van der Waals surface area contributed by atoms with Crippen molar-refractivity contribution in [3.05, 3.63) is 29.3 Å². The van der Waals surface area contributed by atoms with E-state index in [0.717, 1.165) is 0 Å². The van der Waals surface area contributed by atoms with Crippen LogP contribution in [0.4, 0.5) is 0 Å². The van der Waals surface area contributed by atoms with Crippen molar-refractivity contribution in [3.8, 4) is 11.8 Å². The zero-order chi connectivity index (χ0) is 11.1. The van der Waals surface area contributed by atoms with Crippen molar-refractivity contribution in [1.82, 2.24) is 0 Å². The number of hydrogen-bond acceptors (Lipinski definition) is 3. The van der Waals surface area contributed by atoms with Crippen LogP contribution in [0.3, 0.4) is 0 Å². The van der Waals surface area contributed by atoms with Crippen molar-refractivity contribution >= 4 is 5.97 Å². The summed E-state index contributed by atoms with van der Waals surface area (Å²) in [5, 5.41) is 27.0. The minimum absolute atomic E-state index is 0.109. The molecule has 76 valence electrons. The number of carboxylic acids is 1. The van der Waals surface area contributed by atoms with Crippen LogP contribution in [0.5, 0.6) is 5.75 Å². The van der Waals surface area contributed by atoms with E-state index >= 15 is 0 Å². The van der Waals surface area contributed by atoms with Gasteiger partial charge in [0.05, 0.1) is 11.0 Å². The average Bonchev–Trinajstić information content (AvgIpc) is 2.99. The number of aromatic hydroxyl groups is 1. The molecule has 1 saturated carbocycles. The van der Waals surface area contributed by atoms with Crippen molar-refractivity contribution in [2.45, 2.75) is 18.3 Å². The normalized spacial score (nSPS) is 16.7. The van der Waals surface area contributed by atoms with Gasteiger partial charge in [-0.15, -0.1) is 0 Å². The Hall–Kier alpha value is -2.02. The molecule has 0 radical (unpaired) electrons. The van der Waals surface area contributed by atoms with Gasteiger partial charge in [-0.1, -0.05) is 6.07 Å². The summed E-state index contributed by atoms with van der Waals surface area (Å²) in [6.07, 6.45) is 1.19. The van der Waals surface area contributed by atoms with Crippen LogP contribution in [0, 0.1) is 11.3 Å². The fourth-order valence-corrected chi connectivity index (χ4v) is 1.67. The van der Waals surface area contributed by atoms with Gasteiger partial charge >= 0.3 is 5.97 Å². The number of nitrogens with zero attached hydrogens (tertiary/aromatic N) is 1. The van der Waals surface area contributed by atoms with E-state index in [1.807, 2.05) is 6.07 Å². The number of aliphatic carboxylic acids is 1. The molecular formula is C11H9NO3. The number of rotatable bonds is 2. The molecule has 1 aromatic carbocycles. The standard InChI is InChI=1S/C11H9NO3/c12-6-7-5-8(1-2-9(7)13)11(3-4-11)10(14)15/h1-2,5,13H,3-4H2,(H,14,15). The Bertz CT molecular complexity index is 469. The number of carbonyl (C=O) groups is 1. The molecule has 0 spiro atoms. The van der Waals surface area contributed by atoms with E-state index in [0.29, 0.717) is 18.4 Å². The lowest BCUT2D eigenvalue weighted by Crippen LogP contribution is -2.19. The van der Waals surface area contributed by atoms with Gasteiger partial charge in [-0.25, -0.2) is 0 Å². The van der Waals surface area contributed by atoms with Crippen LogP contribution >= 0.6 is 0 Å². The largest absolute Gasteiger partial charge is 0.507 e. The van der Waals surface area contributed by atoms with Crippen molar-refractivity contribution < 1.29 is 15.0 Å². The first-order valence-corrected chi connectivity index (χ1v) is 4.57. The first-order valence-electron chi connectivity index (χ1n) is 4.57. The molecule has 0 atom stereocenters. The fraction of sp³-hybridized carbons (Fsp3) is 0.273. The maximum Gasteiger partial charge on any atom is 0.314 e. The monoisotopic (exact) mass is 203 g/mol. The van der Waals surface area contributed by atoms with E-state index in [-0.39, 0.29) is 11.3 Å². The highest BCUT2D eigenvalue weighted by atomic mass is 16.4. The molecule has 0 amide bonds. The van der Waals surface area contributed by atoms with Crippen LogP contribution in [-0.4, -0.2) is 16.2 Å². The van der Waals surface area contributed by atoms with Gasteiger partial charge in [0.1, 0.15) is 11.8 Å². The molecule has 0 aliphatic heterocycles. The molecule has 4 nitrogen and oxygen atoms in total. The SMILES string of the molecule is N#Cc1cc(C2(C(=O)O)CC2)ccc1O. The highest BCUT2D eigenvalue weighted by Crippen LogP contribution is 2.49. The summed E-state index contributed by atoms with van der Waals surface area (Å²) in [5.74, 6) is -0.973. The lowest BCUT2D eigenvalue weighted by atomic mass is 9.94. The Morgan fingerprint density at radius 3 is 2.60 bits per heavy atom. The molecule has 0 saturated heterocycles. The molecule has 4 heteroatoms. The number of nitriles is 1. The van der Waals surface area contributed by atoms with E-state index in [1.54, 1.807) is 6.07 Å². The zero-order valence-electron chi connectivity index (χ0n) is 7.90. The second-order valence-corrected chi connectivity index (χ2v) is 3.73. The van der Waals surface area contributed by atoms with Gasteiger partial charge in [-0.05, 0) is 30.5 Å². The molecule has 0 bridgehead atoms. The van der Waals surface area contributed by atoms with Gasteiger partial charge in [-0.2, -0.15) is 5.26 Å². The summed E-state index contributed by atoms with van der Waals surface area (Å²) in [6.45, 7) is 0. The first-order chi connectivity index (χ1) is 7.10. The van der Waals surface area contributed by atoms with Gasteiger partial charge in [-0.3, -0.25) is 4.79 Å². The van der Waals surface area contributed by atoms with E-state index in [1.165, 1.54) is 12.1 Å². The van der Waals surface area contributed by atoms with Crippen molar-refractivity contribution in [2.75, 3.05) is 0 Å². The van der Waals surface area contributed by atoms with E-state index in [4.69, 9.17) is 10.4 Å². The van der Waals surface area contributed by atoms with E-state index < -0.39 is 11.4 Å². The molecular weight excluding hydrogens is 194 g/mol. The number of phenolic OH excluding ortho intramolecular Hbond substituents is 1. The molecule has 1 fully saturated rings. The molecule has 2 rings (SSSR count). The van der Waals surface area contributed by atoms with Gasteiger partial charge in [0.25, 0.3) is 0 Å². The summed E-state index contributed by atoms with van der Waals surface area (Å²) in [4.78, 5) is 11.0. The summed E-state index contributed by atoms with van der Waals surface area (Å²) >= 11 is 0. The van der Waals surface area contributed by atoms with Crippen LogP contribution in [0.25, 0.3) is 0 Å². The lowest BCUT2D eigenvalue weighted by molar-refractivity contribution is -0.140. The maximum atomic E-state index is 11.0. The summed E-state index contributed by atoms with van der Waals surface area (Å²) in [6, 6.07) is 6.22. The van der Waals surface area contributed by atoms with E-state index in [2.05, 4.69) is 0 Å². The summed E-state index contributed by atoms with van der Waals surface area (Å²) < 4.78 is 0. The van der Waals surface area contributed by atoms with Crippen LogP contribution in [0.15, 0.2) is 18.2 Å². The van der Waals surface area contributed by atoms with Crippen LogP contribution < -0.4 is 0 Å². The number of hydrogen-bond donors (Lipinski definition) is 2. The molecule has 2 N–H and O–H groups in total. The predicted octanol–water partition coefficient (Wildman–Crippen LogP) is 1.38. The minimum atomic E-state index is -0.864. The maximum absolute atomic E-state index is 11.0. The Morgan fingerprint density at radius 1 is 1.47 bits per heavy atom. The second-order valence-electron chi connectivity index (χ2n) is 3.73. The highest BCUT2D eigenvalue weighted by Gasteiger charge is 2.51. The lowest BCUT2D eigenvalue weighted by Gasteiger charge is -2.10. The van der Waals surface area contributed by atoms with Gasteiger partial charge in [0.15, 0.2) is 0 Å². The molecule has 1 aliphatic carbocycles. The van der Waals surface area contributed by atoms with Crippen LogP contribution in [0.2, 0.25) is 0 Å². The molecule has 0 aromatic heterocycles. The summed E-state index contributed by atoms with van der Waals surface area (Å²) in [5.41, 5.74) is -0.0939. The number of benzene rings is 1. The van der Waals surface area contributed by atoms with Crippen molar-refractivity contribution in [1.29, 1.82) is 5.26 Å². The highest BCUT2D eigenvalue weighted by molar-refractivity contribution is 5.85. The third-order valence-corrected chi connectivity index (χ3v) is 2.83. The molecule has 15 heavy (non-hydrogen) atoms. The Labute approximate surface area is 86.4 Å². The molecule has 0 heterocycles. The quantitative estimate of drug-likeness (QED) is 0.760. The van der Waals surface area contributed by atoms with Gasteiger partial charge in [0.2, 0.25) is 0 Å². The Balaban J connectivity index is 2.48. The average molecular weight is 203 g/mol. The van der Waals surface area contributed by atoms with Gasteiger partial charge in [0, 0.05) is 0 Å². The van der Waals surface area contributed by atoms with Crippen molar-refractivity contribution in [3.63, 3.8) is 0 Å². The predicted molar refractivity (Wildman–Crippen MR) is 51.4 cm³/mol. The Kier molecular flexibility index (Phi) is 1.90. The zero-order valence-corrected chi connectivity index (χ0v) is 7.90. The van der Waals surface area contributed by atoms with Gasteiger partial charge < -0.3 is 10.2 Å². The molecule has 0 unspecified atom stereocenters. The summed E-state index contributed by atoms with van der Waals surface area (Å²) in [7, 11) is 0. The second kappa shape index (κ2) is 2.99.